The highest BCUT2D eigenvalue weighted by Crippen LogP contribution is 2.28. The van der Waals surface area contributed by atoms with Gasteiger partial charge in [0.1, 0.15) is 5.76 Å². The summed E-state index contributed by atoms with van der Waals surface area (Å²) in [6.07, 6.45) is 0. The molecule has 1 aromatic carbocycles. The van der Waals surface area contributed by atoms with Crippen LogP contribution in [-0.4, -0.2) is 28.9 Å². The molecule has 1 heterocycles. The number of aromatic nitrogens is 1. The number of rotatable bonds is 4. The van der Waals surface area contributed by atoms with E-state index in [2.05, 4.69) is 15.0 Å². The molecule has 0 saturated heterocycles. The van der Waals surface area contributed by atoms with Crippen molar-refractivity contribution in [2.45, 2.75) is 20.8 Å². The Bertz CT molecular complexity index is 840. The van der Waals surface area contributed by atoms with Crippen molar-refractivity contribution < 1.29 is 23.7 Å². The van der Waals surface area contributed by atoms with Crippen LogP contribution < -0.4 is 5.32 Å². The number of ether oxygens (including phenoxy) is 1. The van der Waals surface area contributed by atoms with E-state index in [0.717, 1.165) is 13.2 Å². The van der Waals surface area contributed by atoms with Gasteiger partial charge in [-0.05, 0) is 19.9 Å². The number of nitro benzene ring substituents is 1. The smallest absolute Gasteiger partial charge is 0.338 e. The third kappa shape index (κ3) is 3.24. The fraction of sp³-hybridized carbons (Fsp3) is 0.267. The minimum absolute atomic E-state index is 0.0434. The second-order valence-corrected chi connectivity index (χ2v) is 5.01. The lowest BCUT2D eigenvalue weighted by Crippen LogP contribution is -2.16. The predicted octanol–water partition coefficient (Wildman–Crippen LogP) is 2.55. The van der Waals surface area contributed by atoms with Crippen LogP contribution in [0.2, 0.25) is 0 Å². The zero-order chi connectivity index (χ0) is 18.0. The fourth-order valence-corrected chi connectivity index (χ4v) is 2.18. The zero-order valence-electron chi connectivity index (χ0n) is 13.5. The number of hydrogen-bond donors (Lipinski definition) is 1. The average Bonchev–Trinajstić information content (AvgIpc) is 2.86. The lowest BCUT2D eigenvalue weighted by molar-refractivity contribution is -0.385. The maximum absolute atomic E-state index is 12.3. The minimum Gasteiger partial charge on any atom is -0.465 e. The largest absolute Gasteiger partial charge is 0.465 e. The van der Waals surface area contributed by atoms with E-state index < -0.39 is 16.8 Å². The number of benzene rings is 1. The second-order valence-electron chi connectivity index (χ2n) is 5.01. The molecule has 1 amide bonds. The molecule has 0 bridgehead atoms. The molecule has 0 saturated carbocycles. The summed E-state index contributed by atoms with van der Waals surface area (Å²) >= 11 is 0. The van der Waals surface area contributed by atoms with Crippen LogP contribution in [0, 0.1) is 30.9 Å². The van der Waals surface area contributed by atoms with Crippen molar-refractivity contribution in [1.82, 2.24) is 4.98 Å². The SMILES string of the molecule is COC(=O)c1cc(NC(=O)c2nc(C)oc2C)c(C)c([N+](=O)[O-])c1. The molecule has 2 rings (SSSR count). The number of oxazole rings is 1. The lowest BCUT2D eigenvalue weighted by Gasteiger charge is -2.10. The molecule has 0 aliphatic rings. The normalized spacial score (nSPS) is 10.3. The van der Waals surface area contributed by atoms with Gasteiger partial charge in [-0.15, -0.1) is 0 Å². The number of amides is 1. The number of carbonyl (C=O) groups is 2. The summed E-state index contributed by atoms with van der Waals surface area (Å²) in [6, 6.07) is 2.41. The molecule has 0 radical (unpaired) electrons. The first-order valence-corrected chi connectivity index (χ1v) is 6.87. The molecule has 9 nitrogen and oxygen atoms in total. The standard InChI is InChI=1S/C15H15N3O6/c1-7-11(17-14(19)13-8(2)24-9(3)16-13)5-10(15(20)23-4)6-12(7)18(21)22/h5-6H,1-4H3,(H,17,19). The average molecular weight is 333 g/mol. The van der Waals surface area contributed by atoms with Crippen molar-refractivity contribution in [2.75, 3.05) is 12.4 Å². The Hall–Kier alpha value is -3.23. The Kier molecular flexibility index (Phi) is 4.63. The minimum atomic E-state index is -0.748. The molecule has 0 spiro atoms. The molecule has 0 fully saturated rings. The maximum Gasteiger partial charge on any atom is 0.338 e. The highest BCUT2D eigenvalue weighted by atomic mass is 16.6. The van der Waals surface area contributed by atoms with E-state index in [1.807, 2.05) is 0 Å². The van der Waals surface area contributed by atoms with Gasteiger partial charge >= 0.3 is 5.97 Å². The Balaban J connectivity index is 2.47. The highest BCUT2D eigenvalue weighted by Gasteiger charge is 2.23. The van der Waals surface area contributed by atoms with Gasteiger partial charge in [0.2, 0.25) is 0 Å². The van der Waals surface area contributed by atoms with Crippen molar-refractivity contribution in [2.24, 2.45) is 0 Å². The van der Waals surface area contributed by atoms with Gasteiger partial charge in [-0.1, -0.05) is 0 Å². The van der Waals surface area contributed by atoms with E-state index in [1.54, 1.807) is 13.8 Å². The van der Waals surface area contributed by atoms with E-state index in [-0.39, 0.29) is 28.2 Å². The monoisotopic (exact) mass is 333 g/mol. The molecule has 126 valence electrons. The summed E-state index contributed by atoms with van der Waals surface area (Å²) in [5.74, 6) is -0.698. The summed E-state index contributed by atoms with van der Waals surface area (Å²) in [4.78, 5) is 38.5. The van der Waals surface area contributed by atoms with E-state index in [4.69, 9.17) is 4.42 Å². The first-order chi connectivity index (χ1) is 11.2. The second kappa shape index (κ2) is 6.49. The van der Waals surface area contributed by atoms with Crippen LogP contribution in [0.4, 0.5) is 11.4 Å². The number of nitrogens with one attached hydrogen (secondary N) is 1. The van der Waals surface area contributed by atoms with Crippen LogP contribution in [0.25, 0.3) is 0 Å². The Morgan fingerprint density at radius 1 is 1.29 bits per heavy atom. The van der Waals surface area contributed by atoms with Gasteiger partial charge in [-0.2, -0.15) is 0 Å². The molecule has 1 aromatic heterocycles. The maximum atomic E-state index is 12.3. The van der Waals surface area contributed by atoms with Gasteiger partial charge < -0.3 is 14.5 Å². The van der Waals surface area contributed by atoms with Crippen LogP contribution in [-0.2, 0) is 4.74 Å². The van der Waals surface area contributed by atoms with E-state index in [9.17, 15) is 19.7 Å². The molecular weight excluding hydrogens is 318 g/mol. The molecule has 0 aliphatic heterocycles. The van der Waals surface area contributed by atoms with Gasteiger partial charge in [0, 0.05) is 13.0 Å². The molecule has 0 atom stereocenters. The van der Waals surface area contributed by atoms with Crippen LogP contribution in [0.1, 0.15) is 38.1 Å². The zero-order valence-corrected chi connectivity index (χ0v) is 13.5. The quantitative estimate of drug-likeness (QED) is 0.518. The number of carbonyl (C=O) groups excluding carboxylic acids is 2. The molecule has 1 N–H and O–H groups in total. The fourth-order valence-electron chi connectivity index (χ4n) is 2.18. The van der Waals surface area contributed by atoms with Crippen molar-refractivity contribution >= 4 is 23.3 Å². The van der Waals surface area contributed by atoms with Crippen molar-refractivity contribution in [3.63, 3.8) is 0 Å². The van der Waals surface area contributed by atoms with Crippen molar-refractivity contribution in [3.05, 3.63) is 50.7 Å². The molecule has 24 heavy (non-hydrogen) atoms. The number of hydrogen-bond acceptors (Lipinski definition) is 7. The van der Waals surface area contributed by atoms with E-state index >= 15 is 0 Å². The molecule has 0 unspecified atom stereocenters. The summed E-state index contributed by atoms with van der Waals surface area (Å²) < 4.78 is 9.77. The van der Waals surface area contributed by atoms with Crippen molar-refractivity contribution in [1.29, 1.82) is 0 Å². The van der Waals surface area contributed by atoms with Crippen LogP contribution in [0.5, 0.6) is 0 Å². The van der Waals surface area contributed by atoms with Crippen LogP contribution in [0.3, 0.4) is 0 Å². The highest BCUT2D eigenvalue weighted by molar-refractivity contribution is 6.05. The van der Waals surface area contributed by atoms with Gasteiger partial charge in [0.15, 0.2) is 11.6 Å². The summed E-state index contributed by atoms with van der Waals surface area (Å²) in [6.45, 7) is 4.64. The van der Waals surface area contributed by atoms with Gasteiger partial charge in [0.05, 0.1) is 28.8 Å². The third-order valence-corrected chi connectivity index (χ3v) is 3.36. The van der Waals surface area contributed by atoms with Crippen LogP contribution >= 0.6 is 0 Å². The number of methoxy groups -OCH3 is 1. The lowest BCUT2D eigenvalue weighted by atomic mass is 10.1. The number of anilines is 1. The Labute approximate surface area is 136 Å². The van der Waals surface area contributed by atoms with E-state index in [0.29, 0.717) is 11.7 Å². The topological polar surface area (TPSA) is 125 Å². The summed E-state index contributed by atoms with van der Waals surface area (Å²) in [5.41, 5.74) is 0.0472. The van der Waals surface area contributed by atoms with Crippen molar-refractivity contribution in [3.8, 4) is 0 Å². The summed E-state index contributed by atoms with van der Waals surface area (Å²) in [5, 5.41) is 13.7. The number of nitro groups is 1. The number of nitrogens with zero attached hydrogens (tertiary/aromatic N) is 2. The van der Waals surface area contributed by atoms with Gasteiger partial charge in [-0.25, -0.2) is 9.78 Å². The van der Waals surface area contributed by atoms with E-state index in [1.165, 1.54) is 13.0 Å². The molecule has 2 aromatic rings. The number of aryl methyl sites for hydroxylation is 2. The first kappa shape index (κ1) is 17.1. The molecule has 0 aliphatic carbocycles. The Morgan fingerprint density at radius 3 is 2.46 bits per heavy atom. The number of esters is 1. The van der Waals surface area contributed by atoms with Gasteiger partial charge in [-0.3, -0.25) is 14.9 Å². The third-order valence-electron chi connectivity index (χ3n) is 3.36. The van der Waals surface area contributed by atoms with Crippen LogP contribution in [0.15, 0.2) is 16.5 Å². The Morgan fingerprint density at radius 2 is 1.96 bits per heavy atom. The predicted molar refractivity (Wildman–Crippen MR) is 83.1 cm³/mol. The first-order valence-electron chi connectivity index (χ1n) is 6.87. The van der Waals surface area contributed by atoms with Gasteiger partial charge in [0.25, 0.3) is 11.6 Å². The molecular formula is C15H15N3O6. The summed E-state index contributed by atoms with van der Waals surface area (Å²) in [7, 11) is 1.16. The molecule has 9 heteroatoms.